The van der Waals surface area contributed by atoms with Gasteiger partial charge in [0.1, 0.15) is 5.52 Å². The van der Waals surface area contributed by atoms with Crippen molar-refractivity contribution in [3.8, 4) is 0 Å². The van der Waals surface area contributed by atoms with Crippen molar-refractivity contribution in [2.24, 2.45) is 11.3 Å². The molecule has 4 heterocycles. The largest absolute Gasteiger partial charge is 0.419 e. The van der Waals surface area contributed by atoms with Crippen LogP contribution in [0.15, 0.2) is 51.4 Å². The summed E-state index contributed by atoms with van der Waals surface area (Å²) < 4.78 is 73.7. The van der Waals surface area contributed by atoms with Crippen LogP contribution in [0.5, 0.6) is 0 Å². The number of halogens is 6. The van der Waals surface area contributed by atoms with E-state index >= 15 is 8.78 Å². The van der Waals surface area contributed by atoms with Gasteiger partial charge < -0.3 is 18.6 Å². The van der Waals surface area contributed by atoms with E-state index in [1.165, 1.54) is 6.07 Å². The first-order chi connectivity index (χ1) is 20.5. The lowest BCUT2D eigenvalue weighted by atomic mass is 9.71. The molecule has 1 aliphatic carbocycles. The summed E-state index contributed by atoms with van der Waals surface area (Å²) in [5.41, 5.74) is -0.586. The van der Waals surface area contributed by atoms with Gasteiger partial charge in [-0.05, 0) is 24.3 Å². The SMILES string of the molecule is O=C(c1onc2ccccc12)N1CC(c2nnc(C(F)(F)c3ccc(Cl)c(Cl)c3)o2)C2(CN(COC[C@H]3CC3(F)F)C2)C1. The monoisotopic (exact) mass is 639 g/mol. The van der Waals surface area contributed by atoms with Crippen LogP contribution in [-0.4, -0.2) is 76.5 Å². The first-order valence-corrected chi connectivity index (χ1v) is 14.2. The van der Waals surface area contributed by atoms with Crippen LogP contribution in [-0.2, 0) is 10.7 Å². The highest BCUT2D eigenvalue weighted by Crippen LogP contribution is 2.51. The number of amides is 1. The van der Waals surface area contributed by atoms with Crippen LogP contribution >= 0.6 is 23.2 Å². The van der Waals surface area contributed by atoms with Gasteiger partial charge in [-0.2, -0.15) is 8.78 Å². The van der Waals surface area contributed by atoms with Crippen LogP contribution in [0, 0.1) is 11.3 Å². The molecule has 1 amide bonds. The lowest BCUT2D eigenvalue weighted by Gasteiger charge is -2.49. The second-order valence-electron chi connectivity index (χ2n) is 11.4. The van der Waals surface area contributed by atoms with Crippen molar-refractivity contribution in [1.29, 1.82) is 0 Å². The molecule has 1 unspecified atom stereocenters. The third-order valence-corrected chi connectivity index (χ3v) is 9.17. The number of carbonyl (C=O) groups is 1. The molecule has 15 heteroatoms. The van der Waals surface area contributed by atoms with E-state index in [2.05, 4.69) is 15.4 Å². The van der Waals surface area contributed by atoms with Crippen molar-refractivity contribution in [2.45, 2.75) is 24.2 Å². The molecule has 0 radical (unpaired) electrons. The standard InChI is InChI=1S/C28H23Cl2F4N5O4/c29-19-6-5-15(7-20(19)30)28(33,34)25-36-35-23(42-25)18-9-39(24(40)22-17-3-1-2-4-21(17)37-43-22)13-26(18)11-38(12-26)14-41-10-16-8-27(16,31)32/h1-7,16,18H,8-14H2/t16-,18?/m1/s1. The zero-order valence-electron chi connectivity index (χ0n) is 22.3. The van der Waals surface area contributed by atoms with Gasteiger partial charge in [0.2, 0.25) is 11.7 Å². The summed E-state index contributed by atoms with van der Waals surface area (Å²) in [7, 11) is 0. The Labute approximate surface area is 251 Å². The molecular formula is C28H23Cl2F4N5O4. The number of alkyl halides is 4. The summed E-state index contributed by atoms with van der Waals surface area (Å²) in [5, 5.41) is 12.2. The lowest BCUT2D eigenvalue weighted by Crippen LogP contribution is -2.60. The Morgan fingerprint density at radius 1 is 1.09 bits per heavy atom. The predicted octanol–water partition coefficient (Wildman–Crippen LogP) is 5.83. The van der Waals surface area contributed by atoms with E-state index in [9.17, 15) is 13.6 Å². The predicted molar refractivity (Wildman–Crippen MR) is 144 cm³/mol. The highest BCUT2D eigenvalue weighted by molar-refractivity contribution is 6.42. The minimum absolute atomic E-state index is 0.0503. The zero-order chi connectivity index (χ0) is 30.1. The highest BCUT2D eigenvalue weighted by atomic mass is 35.5. The number of fused-ring (bicyclic) bond motifs is 1. The van der Waals surface area contributed by atoms with Crippen LogP contribution in [0.25, 0.3) is 10.9 Å². The molecule has 43 heavy (non-hydrogen) atoms. The number of likely N-dealkylation sites (tertiary alicyclic amines) is 2. The Hall–Kier alpha value is -3.26. The van der Waals surface area contributed by atoms with Gasteiger partial charge in [-0.15, -0.1) is 10.2 Å². The Morgan fingerprint density at radius 2 is 1.86 bits per heavy atom. The van der Waals surface area contributed by atoms with Crippen molar-refractivity contribution in [1.82, 2.24) is 25.2 Å². The number of hydrogen-bond donors (Lipinski definition) is 0. The van der Waals surface area contributed by atoms with E-state index in [0.717, 1.165) is 12.1 Å². The van der Waals surface area contributed by atoms with Crippen molar-refractivity contribution < 1.29 is 36.0 Å². The number of aromatic nitrogens is 3. The molecule has 3 aliphatic rings. The normalized spacial score (nSPS) is 22.8. The summed E-state index contributed by atoms with van der Waals surface area (Å²) >= 11 is 11.8. The number of carbonyl (C=O) groups excluding carboxylic acids is 1. The average Bonchev–Trinajstić information content (AvgIpc) is 3.44. The second kappa shape index (κ2) is 10.1. The topological polar surface area (TPSA) is 97.7 Å². The third kappa shape index (κ3) is 4.95. The lowest BCUT2D eigenvalue weighted by molar-refractivity contribution is -0.0880. The van der Waals surface area contributed by atoms with Crippen LogP contribution in [0.4, 0.5) is 17.6 Å². The highest BCUT2D eigenvalue weighted by Gasteiger charge is 2.59. The molecule has 9 nitrogen and oxygen atoms in total. The first-order valence-electron chi connectivity index (χ1n) is 13.5. The molecule has 226 valence electrons. The summed E-state index contributed by atoms with van der Waals surface area (Å²) in [6, 6.07) is 10.4. The maximum atomic E-state index is 15.4. The van der Waals surface area contributed by atoms with Crippen molar-refractivity contribution in [3.63, 3.8) is 0 Å². The van der Waals surface area contributed by atoms with Gasteiger partial charge in [0.15, 0.2) is 0 Å². The van der Waals surface area contributed by atoms with Crippen molar-refractivity contribution >= 4 is 40.0 Å². The molecule has 7 rings (SSSR count). The zero-order valence-corrected chi connectivity index (χ0v) is 23.8. The fourth-order valence-corrected chi connectivity index (χ4v) is 6.30. The van der Waals surface area contributed by atoms with Gasteiger partial charge >= 0.3 is 5.92 Å². The molecule has 3 fully saturated rings. The molecular weight excluding hydrogens is 617 g/mol. The van der Waals surface area contributed by atoms with Gasteiger partial charge in [0.05, 0.1) is 40.6 Å². The van der Waals surface area contributed by atoms with Gasteiger partial charge in [0.25, 0.3) is 17.7 Å². The van der Waals surface area contributed by atoms with Gasteiger partial charge in [0, 0.05) is 43.6 Å². The van der Waals surface area contributed by atoms with E-state index in [4.69, 9.17) is 36.9 Å². The van der Waals surface area contributed by atoms with Crippen molar-refractivity contribution in [2.75, 3.05) is 39.5 Å². The molecule has 2 atom stereocenters. The molecule has 0 bridgehead atoms. The van der Waals surface area contributed by atoms with E-state index < -0.39 is 46.5 Å². The molecule has 2 aliphatic heterocycles. The fraction of sp³-hybridized carbons (Fsp3) is 0.429. The molecule has 0 N–H and O–H groups in total. The number of ether oxygens (including phenoxy) is 1. The van der Waals surface area contributed by atoms with Gasteiger partial charge in [-0.1, -0.05) is 46.6 Å². The van der Waals surface area contributed by atoms with Crippen LogP contribution in [0.1, 0.15) is 40.2 Å². The maximum Gasteiger partial charge on any atom is 0.349 e. The average molecular weight is 640 g/mol. The number of rotatable bonds is 8. The summed E-state index contributed by atoms with van der Waals surface area (Å²) in [6.45, 7) is 1.17. The van der Waals surface area contributed by atoms with Crippen LogP contribution in [0.2, 0.25) is 10.0 Å². The Bertz CT molecular complexity index is 1710. The molecule has 1 saturated carbocycles. The summed E-state index contributed by atoms with van der Waals surface area (Å²) in [5.74, 6) is -9.04. The molecule has 2 aromatic heterocycles. The number of hydrogen-bond acceptors (Lipinski definition) is 8. The van der Waals surface area contributed by atoms with E-state index in [1.54, 1.807) is 29.2 Å². The Balaban J connectivity index is 1.13. The smallest absolute Gasteiger partial charge is 0.349 e. The Morgan fingerprint density at radius 3 is 2.60 bits per heavy atom. The minimum Gasteiger partial charge on any atom is -0.419 e. The van der Waals surface area contributed by atoms with E-state index in [0.29, 0.717) is 24.0 Å². The van der Waals surface area contributed by atoms with Crippen LogP contribution < -0.4 is 0 Å². The molecule has 1 spiro atoms. The summed E-state index contributed by atoms with van der Waals surface area (Å²) in [6.07, 6.45) is -0.182. The van der Waals surface area contributed by atoms with Crippen LogP contribution in [0.3, 0.4) is 0 Å². The summed E-state index contributed by atoms with van der Waals surface area (Å²) in [4.78, 5) is 17.1. The number of benzene rings is 2. The van der Waals surface area contributed by atoms with Gasteiger partial charge in [-0.3, -0.25) is 9.69 Å². The van der Waals surface area contributed by atoms with E-state index in [-0.39, 0.29) is 54.5 Å². The Kier molecular flexibility index (Phi) is 6.73. The first kappa shape index (κ1) is 28.5. The number of nitrogens with zero attached hydrogens (tertiary/aromatic N) is 5. The molecule has 4 aromatic rings. The second-order valence-corrected chi connectivity index (χ2v) is 12.2. The maximum absolute atomic E-state index is 15.4. The quantitative estimate of drug-likeness (QED) is 0.222. The molecule has 2 aromatic carbocycles. The minimum atomic E-state index is -3.66. The van der Waals surface area contributed by atoms with Gasteiger partial charge in [-0.25, -0.2) is 8.78 Å². The van der Waals surface area contributed by atoms with E-state index in [1.807, 2.05) is 4.90 Å². The van der Waals surface area contributed by atoms with Crippen molar-refractivity contribution in [3.05, 3.63) is 75.6 Å². The fourth-order valence-electron chi connectivity index (χ4n) is 6.00. The molecule has 2 saturated heterocycles. The third-order valence-electron chi connectivity index (χ3n) is 8.43.